The summed E-state index contributed by atoms with van der Waals surface area (Å²) in [6.45, 7) is 0. The van der Waals surface area contributed by atoms with Crippen LogP contribution in [-0.2, 0) is 6.42 Å². The van der Waals surface area contributed by atoms with Gasteiger partial charge in [0, 0.05) is 0 Å². The van der Waals surface area contributed by atoms with Gasteiger partial charge in [0.25, 0.3) is 0 Å². The third kappa shape index (κ3) is 1.96. The molecule has 1 aromatic rings. The van der Waals surface area contributed by atoms with Crippen molar-refractivity contribution in [3.8, 4) is 12.1 Å². The first-order chi connectivity index (χ1) is 6.20. The van der Waals surface area contributed by atoms with Crippen molar-refractivity contribution in [3.63, 3.8) is 0 Å². The summed E-state index contributed by atoms with van der Waals surface area (Å²) in [6, 6.07) is 6.56. The Morgan fingerprint density at radius 2 is 2.08 bits per heavy atom. The van der Waals surface area contributed by atoms with Crippen LogP contribution < -0.4 is 0 Å². The summed E-state index contributed by atoms with van der Waals surface area (Å²) in [5.41, 5.74) is 0.845. The standard InChI is InChI=1S/C9H4FIN2/c10-8-2-1-6(3-4-12)7(5-13)9(8)11/h1-2H,3H2. The van der Waals surface area contributed by atoms with E-state index in [4.69, 9.17) is 10.5 Å². The molecule has 1 aromatic carbocycles. The number of benzene rings is 1. The van der Waals surface area contributed by atoms with E-state index in [1.807, 2.05) is 12.1 Å². The maximum atomic E-state index is 12.9. The Kier molecular flexibility index (Phi) is 3.21. The number of nitriles is 2. The van der Waals surface area contributed by atoms with Gasteiger partial charge in [-0.25, -0.2) is 4.39 Å². The van der Waals surface area contributed by atoms with Crippen LogP contribution in [0.3, 0.4) is 0 Å². The fraction of sp³-hybridized carbons (Fsp3) is 0.111. The third-order valence-corrected chi connectivity index (χ3v) is 2.62. The Labute approximate surface area is 88.7 Å². The number of hydrogen-bond acceptors (Lipinski definition) is 2. The van der Waals surface area contributed by atoms with Gasteiger partial charge in [0.15, 0.2) is 0 Å². The second-order valence-corrected chi connectivity index (χ2v) is 3.42. The molecule has 0 aliphatic heterocycles. The van der Waals surface area contributed by atoms with Crippen molar-refractivity contribution in [1.82, 2.24) is 0 Å². The third-order valence-electron chi connectivity index (χ3n) is 1.56. The summed E-state index contributed by atoms with van der Waals surface area (Å²) < 4.78 is 13.2. The molecule has 2 nitrogen and oxygen atoms in total. The molecule has 0 heterocycles. The average molecular weight is 286 g/mol. The van der Waals surface area contributed by atoms with Crippen molar-refractivity contribution >= 4 is 22.6 Å². The van der Waals surface area contributed by atoms with Gasteiger partial charge in [-0.2, -0.15) is 10.5 Å². The molecule has 0 bridgehead atoms. The largest absolute Gasteiger partial charge is 0.206 e. The summed E-state index contributed by atoms with van der Waals surface area (Å²) in [4.78, 5) is 0. The molecule has 0 saturated carbocycles. The van der Waals surface area contributed by atoms with Crippen molar-refractivity contribution < 1.29 is 4.39 Å². The van der Waals surface area contributed by atoms with Crippen molar-refractivity contribution in [2.45, 2.75) is 6.42 Å². The normalized spacial score (nSPS) is 8.92. The zero-order chi connectivity index (χ0) is 9.84. The van der Waals surface area contributed by atoms with Crippen LogP contribution in [0.2, 0.25) is 0 Å². The Hall–Kier alpha value is -1.14. The first-order valence-corrected chi connectivity index (χ1v) is 4.52. The van der Waals surface area contributed by atoms with E-state index in [9.17, 15) is 4.39 Å². The van der Waals surface area contributed by atoms with Gasteiger partial charge < -0.3 is 0 Å². The molecule has 0 spiro atoms. The van der Waals surface area contributed by atoms with Crippen molar-refractivity contribution in [3.05, 3.63) is 32.6 Å². The highest BCUT2D eigenvalue weighted by molar-refractivity contribution is 14.1. The van der Waals surface area contributed by atoms with E-state index in [2.05, 4.69) is 0 Å². The van der Waals surface area contributed by atoms with E-state index in [0.717, 1.165) is 0 Å². The molecule has 0 aliphatic carbocycles. The number of halogens is 2. The molecule has 0 aliphatic rings. The molecule has 64 valence electrons. The van der Waals surface area contributed by atoms with Gasteiger partial charge in [0.05, 0.1) is 21.6 Å². The highest BCUT2D eigenvalue weighted by atomic mass is 127. The Morgan fingerprint density at radius 3 is 2.62 bits per heavy atom. The molecular weight excluding hydrogens is 282 g/mol. The second kappa shape index (κ2) is 4.20. The summed E-state index contributed by atoms with van der Waals surface area (Å²) in [6.07, 6.45) is 0.138. The number of nitrogens with zero attached hydrogens (tertiary/aromatic N) is 2. The van der Waals surface area contributed by atoms with Gasteiger partial charge >= 0.3 is 0 Å². The Bertz CT molecular complexity index is 415. The molecule has 0 atom stereocenters. The lowest BCUT2D eigenvalue weighted by molar-refractivity contribution is 0.619. The zero-order valence-corrected chi connectivity index (χ0v) is 8.67. The lowest BCUT2D eigenvalue weighted by Gasteiger charge is -2.01. The molecule has 0 radical (unpaired) electrons. The predicted octanol–water partition coefficient (Wildman–Crippen LogP) is 2.37. The van der Waals surface area contributed by atoms with Gasteiger partial charge in [-0.15, -0.1) is 0 Å². The van der Waals surface area contributed by atoms with Crippen molar-refractivity contribution in [1.29, 1.82) is 10.5 Å². The van der Waals surface area contributed by atoms with E-state index in [0.29, 0.717) is 5.56 Å². The first-order valence-electron chi connectivity index (χ1n) is 3.44. The minimum absolute atomic E-state index is 0.138. The summed E-state index contributed by atoms with van der Waals surface area (Å²) in [5.74, 6) is -0.418. The van der Waals surface area contributed by atoms with Crippen LogP contribution in [0.15, 0.2) is 12.1 Å². The van der Waals surface area contributed by atoms with E-state index in [1.54, 1.807) is 22.6 Å². The van der Waals surface area contributed by atoms with Crippen LogP contribution in [0.5, 0.6) is 0 Å². The van der Waals surface area contributed by atoms with Crippen LogP contribution in [0.4, 0.5) is 4.39 Å². The van der Waals surface area contributed by atoms with Crippen molar-refractivity contribution in [2.75, 3.05) is 0 Å². The average Bonchev–Trinajstić information content (AvgIpc) is 2.12. The van der Waals surface area contributed by atoms with E-state index < -0.39 is 5.82 Å². The summed E-state index contributed by atoms with van der Waals surface area (Å²) in [7, 11) is 0. The van der Waals surface area contributed by atoms with E-state index >= 15 is 0 Å². The minimum atomic E-state index is -0.418. The fourth-order valence-electron chi connectivity index (χ4n) is 0.944. The predicted molar refractivity (Wildman–Crippen MR) is 53.1 cm³/mol. The van der Waals surface area contributed by atoms with Crippen LogP contribution in [-0.4, -0.2) is 0 Å². The molecule has 1 rings (SSSR count). The smallest absolute Gasteiger partial charge is 0.137 e. The number of rotatable bonds is 1. The highest BCUT2D eigenvalue weighted by Crippen LogP contribution is 2.19. The molecular formula is C9H4FIN2. The molecule has 13 heavy (non-hydrogen) atoms. The Balaban J connectivity index is 3.34. The molecule has 0 saturated heterocycles. The first kappa shape index (κ1) is 9.94. The van der Waals surface area contributed by atoms with E-state index in [-0.39, 0.29) is 15.6 Å². The zero-order valence-electron chi connectivity index (χ0n) is 6.51. The highest BCUT2D eigenvalue weighted by Gasteiger charge is 2.09. The summed E-state index contributed by atoms with van der Waals surface area (Å²) >= 11 is 1.76. The number of hydrogen-bond donors (Lipinski definition) is 0. The van der Waals surface area contributed by atoms with Crippen molar-refractivity contribution in [2.24, 2.45) is 0 Å². The van der Waals surface area contributed by atoms with Gasteiger partial charge in [-0.1, -0.05) is 6.07 Å². The molecule has 4 heteroatoms. The van der Waals surface area contributed by atoms with Crippen LogP contribution in [0.1, 0.15) is 11.1 Å². The lowest BCUT2D eigenvalue weighted by Crippen LogP contribution is -1.95. The maximum Gasteiger partial charge on any atom is 0.137 e. The van der Waals surface area contributed by atoms with Gasteiger partial charge in [-0.3, -0.25) is 0 Å². The van der Waals surface area contributed by atoms with Gasteiger partial charge in [-0.05, 0) is 34.2 Å². The van der Waals surface area contributed by atoms with E-state index in [1.165, 1.54) is 12.1 Å². The summed E-state index contributed by atoms with van der Waals surface area (Å²) in [5, 5.41) is 17.2. The van der Waals surface area contributed by atoms with Crippen LogP contribution >= 0.6 is 22.6 Å². The van der Waals surface area contributed by atoms with Crippen LogP contribution in [0.25, 0.3) is 0 Å². The molecule has 0 aromatic heterocycles. The molecule has 0 unspecified atom stereocenters. The van der Waals surface area contributed by atoms with Gasteiger partial charge in [0.1, 0.15) is 11.9 Å². The minimum Gasteiger partial charge on any atom is -0.206 e. The monoisotopic (exact) mass is 286 g/mol. The van der Waals surface area contributed by atoms with Gasteiger partial charge in [0.2, 0.25) is 0 Å². The molecule has 0 amide bonds. The second-order valence-electron chi connectivity index (χ2n) is 2.34. The topological polar surface area (TPSA) is 47.6 Å². The molecule has 0 fully saturated rings. The Morgan fingerprint density at radius 1 is 1.38 bits per heavy atom. The SMILES string of the molecule is N#CCc1ccc(F)c(I)c1C#N. The molecule has 0 N–H and O–H groups in total. The fourth-order valence-corrected chi connectivity index (χ4v) is 1.59. The maximum absolute atomic E-state index is 12.9. The van der Waals surface area contributed by atoms with Crippen LogP contribution in [0, 0.1) is 32.0 Å². The quantitative estimate of drug-likeness (QED) is 0.744. The lowest BCUT2D eigenvalue weighted by atomic mass is 10.1.